The number of para-hydroxylation sites is 2. The number of H-pyrrole nitrogens is 1. The van der Waals surface area contributed by atoms with Crippen LogP contribution in [0.3, 0.4) is 0 Å². The Bertz CT molecular complexity index is 1050. The molecular formula is C23H21NO3. The summed E-state index contributed by atoms with van der Waals surface area (Å²) in [5.41, 5.74) is 3.88. The van der Waals surface area contributed by atoms with Crippen molar-refractivity contribution in [3.05, 3.63) is 89.6 Å². The van der Waals surface area contributed by atoms with E-state index in [2.05, 4.69) is 4.98 Å². The number of benzene rings is 3. The van der Waals surface area contributed by atoms with Gasteiger partial charge in [-0.15, -0.1) is 0 Å². The maximum atomic E-state index is 9.42. The van der Waals surface area contributed by atoms with Crippen molar-refractivity contribution in [2.45, 2.75) is 20.1 Å². The lowest BCUT2D eigenvalue weighted by Gasteiger charge is -2.13. The van der Waals surface area contributed by atoms with Gasteiger partial charge in [0, 0.05) is 16.6 Å². The molecule has 2 N–H and O–H groups in total. The number of aromatic nitrogens is 1. The van der Waals surface area contributed by atoms with Crippen molar-refractivity contribution in [2.24, 2.45) is 0 Å². The zero-order chi connectivity index (χ0) is 18.6. The summed E-state index contributed by atoms with van der Waals surface area (Å²) in [6, 6.07) is 23.6. The minimum Gasteiger partial charge on any atom is -0.485 e. The highest BCUT2D eigenvalue weighted by atomic mass is 16.5. The third-order valence-corrected chi connectivity index (χ3v) is 4.38. The number of fused-ring (bicyclic) bond motifs is 1. The van der Waals surface area contributed by atoms with Gasteiger partial charge in [0.2, 0.25) is 0 Å². The molecule has 0 amide bonds. The second kappa shape index (κ2) is 7.56. The largest absolute Gasteiger partial charge is 0.485 e. The molecule has 0 atom stereocenters. The van der Waals surface area contributed by atoms with E-state index in [9.17, 15) is 5.11 Å². The van der Waals surface area contributed by atoms with E-state index in [0.29, 0.717) is 18.1 Å². The first-order valence-electron chi connectivity index (χ1n) is 8.89. The maximum absolute atomic E-state index is 9.42. The van der Waals surface area contributed by atoms with Crippen molar-refractivity contribution in [2.75, 3.05) is 0 Å². The maximum Gasteiger partial charge on any atom is 0.169 e. The smallest absolute Gasteiger partial charge is 0.169 e. The Labute approximate surface area is 158 Å². The summed E-state index contributed by atoms with van der Waals surface area (Å²) in [6.45, 7) is 2.46. The Balaban J connectivity index is 1.63. The number of hydrogen-bond acceptors (Lipinski definition) is 3. The van der Waals surface area contributed by atoms with Crippen molar-refractivity contribution in [3.63, 3.8) is 0 Å². The van der Waals surface area contributed by atoms with Crippen LogP contribution < -0.4 is 9.47 Å². The fraction of sp³-hybridized carbons (Fsp3) is 0.130. The van der Waals surface area contributed by atoms with Crippen LogP contribution >= 0.6 is 0 Å². The van der Waals surface area contributed by atoms with Gasteiger partial charge >= 0.3 is 0 Å². The van der Waals surface area contributed by atoms with Crippen molar-refractivity contribution < 1.29 is 14.6 Å². The zero-order valence-electron chi connectivity index (χ0n) is 15.1. The average molecular weight is 359 g/mol. The molecule has 136 valence electrons. The predicted octanol–water partition coefficient (Wildman–Crippen LogP) is 5.34. The van der Waals surface area contributed by atoms with E-state index in [1.165, 1.54) is 0 Å². The van der Waals surface area contributed by atoms with E-state index >= 15 is 0 Å². The van der Waals surface area contributed by atoms with Gasteiger partial charge in [0.15, 0.2) is 11.5 Å². The number of aromatic amines is 1. The highest BCUT2D eigenvalue weighted by Gasteiger charge is 2.12. The van der Waals surface area contributed by atoms with Crippen LogP contribution in [0.25, 0.3) is 10.9 Å². The average Bonchev–Trinajstić information content (AvgIpc) is 3.11. The molecule has 27 heavy (non-hydrogen) atoms. The number of hydrogen-bond donors (Lipinski definition) is 2. The molecule has 0 unspecified atom stereocenters. The van der Waals surface area contributed by atoms with Crippen LogP contribution in [-0.4, -0.2) is 10.1 Å². The van der Waals surface area contributed by atoms with Gasteiger partial charge in [-0.25, -0.2) is 0 Å². The summed E-state index contributed by atoms with van der Waals surface area (Å²) in [5, 5.41) is 10.4. The first-order chi connectivity index (χ1) is 13.2. The Morgan fingerprint density at radius 3 is 2.37 bits per heavy atom. The van der Waals surface area contributed by atoms with E-state index < -0.39 is 0 Å². The van der Waals surface area contributed by atoms with Crippen LogP contribution in [-0.2, 0) is 13.2 Å². The summed E-state index contributed by atoms with van der Waals surface area (Å²) in [7, 11) is 0. The summed E-state index contributed by atoms with van der Waals surface area (Å²) < 4.78 is 12.2. The first kappa shape index (κ1) is 17.2. The molecule has 0 saturated carbocycles. The summed E-state index contributed by atoms with van der Waals surface area (Å²) in [4.78, 5) is 3.21. The molecule has 1 heterocycles. The molecule has 0 aliphatic carbocycles. The van der Waals surface area contributed by atoms with Crippen LogP contribution in [0.1, 0.15) is 16.8 Å². The third-order valence-electron chi connectivity index (χ3n) is 4.38. The highest BCUT2D eigenvalue weighted by Crippen LogP contribution is 2.36. The minimum absolute atomic E-state index is 0.0378. The molecule has 0 radical (unpaired) electrons. The second-order valence-corrected chi connectivity index (χ2v) is 6.50. The van der Waals surface area contributed by atoms with Crippen molar-refractivity contribution >= 4 is 10.9 Å². The molecule has 0 aliphatic heterocycles. The van der Waals surface area contributed by atoms with Gasteiger partial charge < -0.3 is 19.6 Å². The highest BCUT2D eigenvalue weighted by molar-refractivity contribution is 5.87. The molecule has 4 heteroatoms. The number of ether oxygens (including phenoxy) is 2. The van der Waals surface area contributed by atoms with Crippen LogP contribution in [0.2, 0.25) is 0 Å². The fourth-order valence-electron chi connectivity index (χ4n) is 3.08. The Kier molecular flexibility index (Phi) is 4.81. The van der Waals surface area contributed by atoms with Gasteiger partial charge in [0.05, 0.1) is 6.61 Å². The summed E-state index contributed by atoms with van der Waals surface area (Å²) in [5.74, 6) is 2.08. The molecule has 0 spiro atoms. The van der Waals surface area contributed by atoms with E-state index in [4.69, 9.17) is 9.47 Å². The van der Waals surface area contributed by atoms with Crippen molar-refractivity contribution in [1.29, 1.82) is 0 Å². The van der Waals surface area contributed by atoms with Crippen molar-refractivity contribution in [3.8, 4) is 17.2 Å². The van der Waals surface area contributed by atoms with Gasteiger partial charge in [-0.05, 0) is 48.4 Å². The number of aryl methyl sites for hydroxylation is 1. The molecular weight excluding hydrogens is 338 g/mol. The lowest BCUT2D eigenvalue weighted by Crippen LogP contribution is -1.97. The fourth-order valence-corrected chi connectivity index (χ4v) is 3.08. The molecule has 0 bridgehead atoms. The van der Waals surface area contributed by atoms with Gasteiger partial charge in [-0.3, -0.25) is 0 Å². The van der Waals surface area contributed by atoms with Crippen LogP contribution in [0, 0.1) is 6.92 Å². The molecule has 4 nitrogen and oxygen atoms in total. The monoisotopic (exact) mass is 359 g/mol. The normalized spacial score (nSPS) is 10.9. The van der Waals surface area contributed by atoms with E-state index in [1.807, 2.05) is 79.7 Å². The molecule has 4 rings (SSSR count). The lowest BCUT2D eigenvalue weighted by molar-refractivity contribution is 0.278. The van der Waals surface area contributed by atoms with E-state index in [1.54, 1.807) is 0 Å². The molecule has 0 fully saturated rings. The van der Waals surface area contributed by atoms with Gasteiger partial charge in [0.1, 0.15) is 12.4 Å². The Hall–Kier alpha value is -3.24. The lowest BCUT2D eigenvalue weighted by atomic mass is 10.1. The summed E-state index contributed by atoms with van der Waals surface area (Å²) in [6.07, 6.45) is 0. The zero-order valence-corrected chi connectivity index (χ0v) is 15.1. The standard InChI is InChI=1S/C23H21NO3/c1-16-11-20-19(13-18(14-25)24-20)23(12-16)27-22-10-6-5-9-21(22)26-15-17-7-3-2-4-8-17/h2-13,24-25H,14-15H2,1H3. The summed E-state index contributed by atoms with van der Waals surface area (Å²) >= 11 is 0. The Morgan fingerprint density at radius 2 is 1.59 bits per heavy atom. The topological polar surface area (TPSA) is 54.5 Å². The van der Waals surface area contributed by atoms with Crippen LogP contribution in [0.5, 0.6) is 17.2 Å². The Morgan fingerprint density at radius 1 is 0.852 bits per heavy atom. The molecule has 0 aliphatic rings. The SMILES string of the molecule is Cc1cc(Oc2ccccc2OCc2ccccc2)c2cc(CO)[nH]c2c1. The molecule has 3 aromatic carbocycles. The predicted molar refractivity (Wildman–Crippen MR) is 106 cm³/mol. The third kappa shape index (κ3) is 3.81. The number of aliphatic hydroxyl groups excluding tert-OH is 1. The molecule has 0 saturated heterocycles. The van der Waals surface area contributed by atoms with Crippen LogP contribution in [0.15, 0.2) is 72.8 Å². The molecule has 1 aromatic heterocycles. The second-order valence-electron chi connectivity index (χ2n) is 6.50. The molecule has 4 aromatic rings. The van der Waals surface area contributed by atoms with E-state index in [-0.39, 0.29) is 6.61 Å². The van der Waals surface area contributed by atoms with E-state index in [0.717, 1.165) is 33.5 Å². The number of rotatable bonds is 6. The first-order valence-corrected chi connectivity index (χ1v) is 8.89. The van der Waals surface area contributed by atoms with Crippen LogP contribution in [0.4, 0.5) is 0 Å². The van der Waals surface area contributed by atoms with Gasteiger partial charge in [0.25, 0.3) is 0 Å². The van der Waals surface area contributed by atoms with Crippen molar-refractivity contribution in [1.82, 2.24) is 4.98 Å². The number of aliphatic hydroxyl groups is 1. The minimum atomic E-state index is -0.0378. The quantitative estimate of drug-likeness (QED) is 0.488. The van der Waals surface area contributed by atoms with Gasteiger partial charge in [-0.2, -0.15) is 0 Å². The van der Waals surface area contributed by atoms with Gasteiger partial charge in [-0.1, -0.05) is 42.5 Å². The number of nitrogens with one attached hydrogen (secondary N) is 1.